The van der Waals surface area contributed by atoms with E-state index in [0.29, 0.717) is 26.3 Å². The van der Waals surface area contributed by atoms with Crippen molar-refractivity contribution in [2.45, 2.75) is 26.7 Å². The average Bonchev–Trinajstić information content (AvgIpc) is 3.09. The van der Waals surface area contributed by atoms with Crippen LogP contribution in [-0.4, -0.2) is 16.7 Å². The van der Waals surface area contributed by atoms with Crippen LogP contribution in [0, 0.1) is 5.41 Å². The van der Waals surface area contributed by atoms with Crippen molar-refractivity contribution in [2.24, 2.45) is 5.41 Å². The number of thiophene rings is 1. The number of rotatable bonds is 2. The van der Waals surface area contributed by atoms with E-state index in [1.807, 2.05) is 18.2 Å². The Bertz CT molecular complexity index is 1070. The van der Waals surface area contributed by atoms with Gasteiger partial charge in [-0.3, -0.25) is 14.9 Å². The molecule has 134 valence electrons. The summed E-state index contributed by atoms with van der Waals surface area (Å²) in [5.41, 5.74) is 0.678. The number of ketones is 1. The number of nitrogens with zero attached hydrogens (tertiary/aromatic N) is 1. The second-order valence-corrected chi connectivity index (χ2v) is 10.3. The van der Waals surface area contributed by atoms with Gasteiger partial charge in [-0.15, -0.1) is 11.3 Å². The minimum absolute atomic E-state index is 0.0954. The van der Waals surface area contributed by atoms with Crippen molar-refractivity contribution in [3.05, 3.63) is 43.1 Å². The van der Waals surface area contributed by atoms with Crippen LogP contribution in [0.15, 0.2) is 22.7 Å². The van der Waals surface area contributed by atoms with E-state index in [4.69, 9.17) is 11.6 Å². The SMILES string of the molecule is CC1(C)CC(=O)c2sc(NC(=O)c3sc4c(Br)cccc4c3Cl)nc2C1. The molecule has 4 nitrogen and oxygen atoms in total. The van der Waals surface area contributed by atoms with Crippen LogP contribution in [0.2, 0.25) is 5.02 Å². The molecule has 8 heteroatoms. The summed E-state index contributed by atoms with van der Waals surface area (Å²) >= 11 is 12.5. The highest BCUT2D eigenvalue weighted by molar-refractivity contribution is 9.10. The van der Waals surface area contributed by atoms with Crippen LogP contribution in [0.4, 0.5) is 5.13 Å². The molecule has 1 aromatic carbocycles. The van der Waals surface area contributed by atoms with Gasteiger partial charge in [0, 0.05) is 16.3 Å². The molecule has 3 aromatic rings. The van der Waals surface area contributed by atoms with E-state index in [1.165, 1.54) is 22.7 Å². The third-order valence-corrected chi connectivity index (χ3v) is 7.99. The first-order valence-corrected chi connectivity index (χ1v) is 10.8. The number of nitrogens with one attached hydrogen (secondary N) is 1. The highest BCUT2D eigenvalue weighted by atomic mass is 79.9. The minimum atomic E-state index is -0.305. The topological polar surface area (TPSA) is 59.1 Å². The zero-order valence-corrected chi connectivity index (χ0v) is 18.0. The Hall–Kier alpha value is -1.28. The number of hydrogen-bond acceptors (Lipinski definition) is 5. The van der Waals surface area contributed by atoms with Crippen LogP contribution in [0.3, 0.4) is 0 Å². The number of carbonyl (C=O) groups excluding carboxylic acids is 2. The van der Waals surface area contributed by atoms with Gasteiger partial charge < -0.3 is 0 Å². The molecule has 0 saturated carbocycles. The van der Waals surface area contributed by atoms with Crippen LogP contribution >= 0.6 is 50.2 Å². The number of fused-ring (bicyclic) bond motifs is 2. The van der Waals surface area contributed by atoms with E-state index in [2.05, 4.69) is 40.1 Å². The zero-order valence-electron chi connectivity index (χ0n) is 14.0. The molecule has 1 aliphatic rings. The van der Waals surface area contributed by atoms with E-state index in [9.17, 15) is 9.59 Å². The Morgan fingerprint density at radius 3 is 2.81 bits per heavy atom. The van der Waals surface area contributed by atoms with Gasteiger partial charge in [0.15, 0.2) is 10.9 Å². The molecule has 0 aliphatic heterocycles. The third-order valence-electron chi connectivity index (χ3n) is 4.27. The van der Waals surface area contributed by atoms with Gasteiger partial charge in [-0.2, -0.15) is 0 Å². The van der Waals surface area contributed by atoms with E-state index in [0.717, 1.165) is 26.7 Å². The molecule has 1 amide bonds. The lowest BCUT2D eigenvalue weighted by molar-refractivity contribution is 0.0915. The maximum absolute atomic E-state index is 12.7. The fraction of sp³-hybridized carbons (Fsp3) is 0.278. The Kier molecular flexibility index (Phi) is 4.46. The number of thiazole rings is 1. The summed E-state index contributed by atoms with van der Waals surface area (Å²) < 4.78 is 1.83. The highest BCUT2D eigenvalue weighted by Crippen LogP contribution is 2.41. The first kappa shape index (κ1) is 18.1. The number of anilines is 1. The molecule has 0 atom stereocenters. The summed E-state index contributed by atoms with van der Waals surface area (Å²) in [5.74, 6) is -0.209. The van der Waals surface area contributed by atoms with Crippen molar-refractivity contribution in [3.8, 4) is 0 Å². The third kappa shape index (κ3) is 3.11. The monoisotopic (exact) mass is 468 g/mol. The quantitative estimate of drug-likeness (QED) is 0.487. The van der Waals surface area contributed by atoms with Crippen LogP contribution in [0.25, 0.3) is 10.1 Å². The molecule has 1 N–H and O–H groups in total. The van der Waals surface area contributed by atoms with Gasteiger partial charge in [0.2, 0.25) is 0 Å². The summed E-state index contributed by atoms with van der Waals surface area (Å²) in [5, 5.41) is 4.53. The Morgan fingerprint density at radius 1 is 1.31 bits per heavy atom. The molecule has 26 heavy (non-hydrogen) atoms. The van der Waals surface area contributed by atoms with E-state index < -0.39 is 0 Å². The zero-order chi connectivity index (χ0) is 18.6. The largest absolute Gasteiger partial charge is 0.297 e. The van der Waals surface area contributed by atoms with Gasteiger partial charge in [0.05, 0.1) is 20.3 Å². The maximum atomic E-state index is 12.7. The van der Waals surface area contributed by atoms with E-state index >= 15 is 0 Å². The summed E-state index contributed by atoms with van der Waals surface area (Å²) in [6.45, 7) is 4.11. The second-order valence-electron chi connectivity index (χ2n) is 7.05. The Morgan fingerprint density at radius 2 is 2.08 bits per heavy atom. The van der Waals surface area contributed by atoms with Crippen LogP contribution in [0.1, 0.15) is 45.3 Å². The first-order valence-electron chi connectivity index (χ1n) is 7.96. The van der Waals surface area contributed by atoms with Crippen molar-refractivity contribution < 1.29 is 9.59 Å². The standard InChI is InChI=1S/C18H14BrClN2O2S2/c1-18(2)6-10-14(11(23)7-18)26-17(21-10)22-16(24)15-12(20)8-4-3-5-9(19)13(8)25-15/h3-5H,6-7H2,1-2H3,(H,21,22,24). The average molecular weight is 470 g/mol. The van der Waals surface area contributed by atoms with Gasteiger partial charge in [-0.05, 0) is 33.8 Å². The first-order chi connectivity index (χ1) is 12.2. The lowest BCUT2D eigenvalue weighted by Crippen LogP contribution is -2.26. The van der Waals surface area contributed by atoms with Crippen molar-refractivity contribution in [3.63, 3.8) is 0 Å². The van der Waals surface area contributed by atoms with Gasteiger partial charge in [-0.1, -0.05) is 48.9 Å². The molecule has 0 spiro atoms. The fourth-order valence-corrected chi connectivity index (χ4v) is 6.06. The lowest BCUT2D eigenvalue weighted by atomic mass is 9.78. The van der Waals surface area contributed by atoms with E-state index in [-0.39, 0.29) is 17.1 Å². The van der Waals surface area contributed by atoms with Crippen molar-refractivity contribution in [1.82, 2.24) is 4.98 Å². The molecular formula is C18H14BrClN2O2S2. The Labute approximate surface area is 171 Å². The molecule has 0 radical (unpaired) electrons. The molecule has 1 aliphatic carbocycles. The van der Waals surface area contributed by atoms with Gasteiger partial charge in [-0.25, -0.2) is 4.98 Å². The second kappa shape index (κ2) is 6.41. The smallest absolute Gasteiger partial charge is 0.269 e. The van der Waals surface area contributed by atoms with Crippen molar-refractivity contribution in [1.29, 1.82) is 0 Å². The number of carbonyl (C=O) groups is 2. The fourth-order valence-electron chi connectivity index (χ4n) is 3.13. The highest BCUT2D eigenvalue weighted by Gasteiger charge is 2.34. The number of benzene rings is 1. The normalized spacial score (nSPS) is 15.9. The number of hydrogen-bond donors (Lipinski definition) is 1. The van der Waals surface area contributed by atoms with Crippen molar-refractivity contribution >= 4 is 77.1 Å². The van der Waals surface area contributed by atoms with Crippen LogP contribution in [-0.2, 0) is 6.42 Å². The molecule has 0 bridgehead atoms. The molecule has 0 fully saturated rings. The molecule has 0 saturated heterocycles. The summed E-state index contributed by atoms with van der Waals surface area (Å²) in [7, 11) is 0. The lowest BCUT2D eigenvalue weighted by Gasteiger charge is -2.26. The summed E-state index contributed by atoms with van der Waals surface area (Å²) in [4.78, 5) is 30.6. The number of Topliss-reactive ketones (excluding diaryl/α,β-unsaturated/α-hetero) is 1. The molecular weight excluding hydrogens is 456 g/mol. The minimum Gasteiger partial charge on any atom is -0.297 e. The predicted octanol–water partition coefficient (Wildman–Crippen LogP) is 6.18. The molecule has 2 heterocycles. The summed E-state index contributed by atoms with van der Waals surface area (Å²) in [6, 6.07) is 5.69. The number of amides is 1. The maximum Gasteiger partial charge on any atom is 0.269 e. The number of halogens is 2. The van der Waals surface area contributed by atoms with Gasteiger partial charge >= 0.3 is 0 Å². The van der Waals surface area contributed by atoms with Gasteiger partial charge in [0.1, 0.15) is 4.88 Å². The van der Waals surface area contributed by atoms with E-state index in [1.54, 1.807) is 0 Å². The summed E-state index contributed by atoms with van der Waals surface area (Å²) in [6.07, 6.45) is 1.24. The van der Waals surface area contributed by atoms with Crippen LogP contribution in [0.5, 0.6) is 0 Å². The molecule has 4 rings (SSSR count). The van der Waals surface area contributed by atoms with Crippen molar-refractivity contribution in [2.75, 3.05) is 5.32 Å². The van der Waals surface area contributed by atoms with Gasteiger partial charge in [0.25, 0.3) is 5.91 Å². The molecule has 2 aromatic heterocycles. The number of aromatic nitrogens is 1. The Balaban J connectivity index is 1.65. The molecule has 0 unspecified atom stereocenters. The predicted molar refractivity (Wildman–Crippen MR) is 111 cm³/mol. The van der Waals surface area contributed by atoms with Crippen LogP contribution < -0.4 is 5.32 Å².